The van der Waals surface area contributed by atoms with Gasteiger partial charge in [-0.3, -0.25) is 4.79 Å². The minimum absolute atomic E-state index is 0.0413. The van der Waals surface area contributed by atoms with Crippen molar-refractivity contribution in [2.75, 3.05) is 0 Å². The Morgan fingerprint density at radius 2 is 2.05 bits per heavy atom. The van der Waals surface area contributed by atoms with Gasteiger partial charge in [-0.1, -0.05) is 48.3 Å². The molecule has 20 heavy (non-hydrogen) atoms. The van der Waals surface area contributed by atoms with Gasteiger partial charge in [-0.05, 0) is 17.7 Å². The summed E-state index contributed by atoms with van der Waals surface area (Å²) in [6.45, 7) is 3.69. The van der Waals surface area contributed by atoms with E-state index >= 15 is 0 Å². The molecule has 0 saturated carbocycles. The van der Waals surface area contributed by atoms with Crippen molar-refractivity contribution in [3.63, 3.8) is 0 Å². The van der Waals surface area contributed by atoms with E-state index in [-0.39, 0.29) is 18.1 Å². The average Bonchev–Trinajstić information content (AvgIpc) is 2.81. The quantitative estimate of drug-likeness (QED) is 0.844. The molecule has 0 amide bonds. The van der Waals surface area contributed by atoms with E-state index in [0.717, 1.165) is 5.56 Å². The van der Waals surface area contributed by atoms with Crippen molar-refractivity contribution in [1.29, 1.82) is 0 Å². The first kappa shape index (κ1) is 15.0. The second-order valence-corrected chi connectivity index (χ2v) is 5.64. The van der Waals surface area contributed by atoms with E-state index < -0.39 is 0 Å². The number of Topliss-reactive ketones (excluding diaryl/α,β-unsaturated/α-hetero) is 1. The van der Waals surface area contributed by atoms with Crippen molar-refractivity contribution in [2.45, 2.75) is 26.7 Å². The van der Waals surface area contributed by atoms with Crippen LogP contribution in [0.3, 0.4) is 0 Å². The molecule has 0 fully saturated rings. The van der Waals surface area contributed by atoms with Crippen LogP contribution in [0.4, 0.5) is 0 Å². The third-order valence-electron chi connectivity index (χ3n) is 2.83. The molecule has 2 aromatic rings. The Bertz CT molecular complexity index is 623. The van der Waals surface area contributed by atoms with Crippen LogP contribution in [-0.4, -0.2) is 15.9 Å². The summed E-state index contributed by atoms with van der Waals surface area (Å²) < 4.78 is 5.07. The van der Waals surface area contributed by atoms with Crippen LogP contribution in [0, 0.1) is 5.92 Å². The zero-order valence-electron chi connectivity index (χ0n) is 11.2. The van der Waals surface area contributed by atoms with Crippen LogP contribution in [0.25, 0.3) is 0 Å². The molecular formula is C14H14Cl2N2O2. The van der Waals surface area contributed by atoms with E-state index in [1.165, 1.54) is 0 Å². The molecule has 1 aromatic heterocycles. The highest BCUT2D eigenvalue weighted by Crippen LogP contribution is 2.23. The highest BCUT2D eigenvalue weighted by Gasteiger charge is 2.14. The monoisotopic (exact) mass is 312 g/mol. The van der Waals surface area contributed by atoms with Gasteiger partial charge in [0.25, 0.3) is 0 Å². The summed E-state index contributed by atoms with van der Waals surface area (Å²) >= 11 is 11.8. The molecule has 0 aliphatic rings. The number of carbonyl (C=O) groups excluding carboxylic acids is 1. The zero-order valence-corrected chi connectivity index (χ0v) is 12.7. The van der Waals surface area contributed by atoms with Gasteiger partial charge in [-0.25, -0.2) is 0 Å². The predicted octanol–water partition coefficient (Wildman–Crippen LogP) is 3.73. The minimum atomic E-state index is -0.0413. The number of ketones is 1. The fraction of sp³-hybridized carbons (Fsp3) is 0.357. The van der Waals surface area contributed by atoms with Crippen molar-refractivity contribution in [3.8, 4) is 0 Å². The summed E-state index contributed by atoms with van der Waals surface area (Å²) in [5, 5.41) is 4.86. The van der Waals surface area contributed by atoms with Gasteiger partial charge in [0, 0.05) is 12.3 Å². The molecule has 0 spiro atoms. The van der Waals surface area contributed by atoms with Crippen molar-refractivity contribution in [1.82, 2.24) is 10.1 Å². The predicted molar refractivity (Wildman–Crippen MR) is 77.1 cm³/mol. The number of hydrogen-bond donors (Lipinski definition) is 0. The highest BCUT2D eigenvalue weighted by molar-refractivity contribution is 6.42. The van der Waals surface area contributed by atoms with Gasteiger partial charge in [0.2, 0.25) is 5.89 Å². The normalized spacial score (nSPS) is 11.1. The summed E-state index contributed by atoms with van der Waals surface area (Å²) in [4.78, 5) is 15.8. The molecule has 1 heterocycles. The number of carbonyl (C=O) groups is 1. The Labute approximate surface area is 127 Å². The molecule has 106 valence electrons. The molecule has 0 bridgehead atoms. The van der Waals surface area contributed by atoms with Crippen LogP contribution in [0.15, 0.2) is 22.7 Å². The third kappa shape index (κ3) is 3.81. The summed E-state index contributed by atoms with van der Waals surface area (Å²) in [5.74, 6) is 0.906. The van der Waals surface area contributed by atoms with Crippen molar-refractivity contribution >= 4 is 29.0 Å². The second kappa shape index (κ2) is 6.37. The number of hydrogen-bond acceptors (Lipinski definition) is 4. The lowest BCUT2D eigenvalue weighted by Gasteiger charge is -2.00. The first-order chi connectivity index (χ1) is 9.45. The SMILES string of the molecule is CC(C)C(=O)Cc1nc(Cc2ccc(Cl)c(Cl)c2)no1. The Morgan fingerprint density at radius 3 is 2.70 bits per heavy atom. The van der Waals surface area contributed by atoms with E-state index in [2.05, 4.69) is 10.1 Å². The summed E-state index contributed by atoms with van der Waals surface area (Å²) in [5.41, 5.74) is 0.932. The molecule has 0 saturated heterocycles. The van der Waals surface area contributed by atoms with Gasteiger partial charge >= 0.3 is 0 Å². The van der Waals surface area contributed by atoms with E-state index in [1.54, 1.807) is 12.1 Å². The Hall–Kier alpha value is -1.39. The van der Waals surface area contributed by atoms with E-state index in [4.69, 9.17) is 27.7 Å². The number of halogens is 2. The van der Waals surface area contributed by atoms with Crippen LogP contribution < -0.4 is 0 Å². The van der Waals surface area contributed by atoms with Crippen LogP contribution in [0.5, 0.6) is 0 Å². The number of aromatic nitrogens is 2. The number of nitrogens with zero attached hydrogens (tertiary/aromatic N) is 2. The number of benzene rings is 1. The van der Waals surface area contributed by atoms with Crippen molar-refractivity contribution < 1.29 is 9.32 Å². The fourth-order valence-electron chi connectivity index (χ4n) is 1.62. The van der Waals surface area contributed by atoms with Crippen LogP contribution in [0.1, 0.15) is 31.1 Å². The van der Waals surface area contributed by atoms with E-state index in [9.17, 15) is 4.79 Å². The topological polar surface area (TPSA) is 56.0 Å². The molecule has 2 rings (SSSR count). The van der Waals surface area contributed by atoms with Crippen molar-refractivity contribution in [2.24, 2.45) is 5.92 Å². The van der Waals surface area contributed by atoms with E-state index in [1.807, 2.05) is 19.9 Å². The molecule has 0 aliphatic heterocycles. The van der Waals surface area contributed by atoms with Gasteiger partial charge in [0.15, 0.2) is 5.82 Å². The molecule has 0 aliphatic carbocycles. The van der Waals surface area contributed by atoms with Gasteiger partial charge in [-0.15, -0.1) is 0 Å². The molecule has 0 N–H and O–H groups in total. The minimum Gasteiger partial charge on any atom is -0.339 e. The van der Waals surface area contributed by atoms with E-state index in [0.29, 0.717) is 28.2 Å². The van der Waals surface area contributed by atoms with Crippen LogP contribution in [-0.2, 0) is 17.6 Å². The molecule has 0 radical (unpaired) electrons. The highest BCUT2D eigenvalue weighted by atomic mass is 35.5. The second-order valence-electron chi connectivity index (χ2n) is 4.83. The third-order valence-corrected chi connectivity index (χ3v) is 3.56. The lowest BCUT2D eigenvalue weighted by Crippen LogP contribution is -2.10. The molecule has 1 aromatic carbocycles. The smallest absolute Gasteiger partial charge is 0.234 e. The summed E-state index contributed by atoms with van der Waals surface area (Å²) in [6, 6.07) is 5.34. The standard InChI is InChI=1S/C14H14Cl2N2O2/c1-8(2)12(19)7-14-17-13(18-20-14)6-9-3-4-10(15)11(16)5-9/h3-5,8H,6-7H2,1-2H3. The lowest BCUT2D eigenvalue weighted by molar-refractivity contribution is -0.121. The largest absolute Gasteiger partial charge is 0.339 e. The van der Waals surface area contributed by atoms with Gasteiger partial charge in [0.1, 0.15) is 5.78 Å². The van der Waals surface area contributed by atoms with Gasteiger partial charge in [-0.2, -0.15) is 4.98 Å². The number of rotatable bonds is 5. The fourth-order valence-corrected chi connectivity index (χ4v) is 1.94. The molecule has 0 atom stereocenters. The Kier molecular flexibility index (Phi) is 4.78. The summed E-state index contributed by atoms with van der Waals surface area (Å²) in [7, 11) is 0. The van der Waals surface area contributed by atoms with Crippen LogP contribution in [0.2, 0.25) is 10.0 Å². The molecular weight excluding hydrogens is 299 g/mol. The first-order valence-corrected chi connectivity index (χ1v) is 6.99. The zero-order chi connectivity index (χ0) is 14.7. The maximum atomic E-state index is 11.6. The average molecular weight is 313 g/mol. The van der Waals surface area contributed by atoms with Gasteiger partial charge in [0.05, 0.1) is 16.5 Å². The Morgan fingerprint density at radius 1 is 1.30 bits per heavy atom. The maximum absolute atomic E-state index is 11.6. The summed E-state index contributed by atoms with van der Waals surface area (Å²) in [6.07, 6.45) is 0.655. The van der Waals surface area contributed by atoms with Crippen molar-refractivity contribution in [3.05, 3.63) is 45.5 Å². The molecule has 6 heteroatoms. The van der Waals surface area contributed by atoms with Gasteiger partial charge < -0.3 is 4.52 Å². The lowest BCUT2D eigenvalue weighted by atomic mass is 10.1. The molecule has 0 unspecified atom stereocenters. The first-order valence-electron chi connectivity index (χ1n) is 6.24. The Balaban J connectivity index is 2.05. The maximum Gasteiger partial charge on any atom is 0.234 e. The van der Waals surface area contributed by atoms with Crippen LogP contribution >= 0.6 is 23.2 Å². The molecule has 4 nitrogen and oxygen atoms in total.